The standard InChI is InChI=1S/C18H20N2O3/c1-12-4-7-16(23-3)14(10-12)15(21)6-9-18(22)20-17-8-5-13(2)11-19-17/h4-5,7-8,10-11H,6,9H2,1-3H3,(H,19,20,22). The molecule has 1 N–H and O–H groups in total. The summed E-state index contributed by atoms with van der Waals surface area (Å²) in [5.74, 6) is 0.668. The molecule has 0 bridgehead atoms. The van der Waals surface area contributed by atoms with E-state index in [4.69, 9.17) is 4.74 Å². The minimum absolute atomic E-state index is 0.103. The third kappa shape index (κ3) is 4.64. The molecule has 1 aromatic heterocycles. The number of pyridine rings is 1. The van der Waals surface area contributed by atoms with Crippen molar-refractivity contribution in [2.75, 3.05) is 12.4 Å². The number of hydrogen-bond donors (Lipinski definition) is 1. The van der Waals surface area contributed by atoms with E-state index in [1.54, 1.807) is 24.4 Å². The van der Waals surface area contributed by atoms with Crippen molar-refractivity contribution >= 4 is 17.5 Å². The highest BCUT2D eigenvalue weighted by Crippen LogP contribution is 2.21. The zero-order valence-corrected chi connectivity index (χ0v) is 13.6. The maximum absolute atomic E-state index is 12.3. The Morgan fingerprint density at radius 1 is 1.09 bits per heavy atom. The van der Waals surface area contributed by atoms with Crippen LogP contribution in [0.3, 0.4) is 0 Å². The number of carbonyl (C=O) groups excluding carboxylic acids is 2. The topological polar surface area (TPSA) is 68.3 Å². The van der Waals surface area contributed by atoms with Crippen molar-refractivity contribution in [2.45, 2.75) is 26.7 Å². The van der Waals surface area contributed by atoms with E-state index >= 15 is 0 Å². The summed E-state index contributed by atoms with van der Waals surface area (Å²) >= 11 is 0. The number of rotatable bonds is 6. The van der Waals surface area contributed by atoms with E-state index in [9.17, 15) is 9.59 Å². The predicted octanol–water partition coefficient (Wildman–Crippen LogP) is 3.31. The van der Waals surface area contributed by atoms with Gasteiger partial charge in [0.2, 0.25) is 5.91 Å². The fourth-order valence-corrected chi connectivity index (χ4v) is 2.15. The van der Waals surface area contributed by atoms with Crippen molar-refractivity contribution in [1.82, 2.24) is 4.98 Å². The lowest BCUT2D eigenvalue weighted by Crippen LogP contribution is -2.14. The Kier molecular flexibility index (Phi) is 5.46. The van der Waals surface area contributed by atoms with Gasteiger partial charge in [0, 0.05) is 19.0 Å². The van der Waals surface area contributed by atoms with Gasteiger partial charge < -0.3 is 10.1 Å². The number of methoxy groups -OCH3 is 1. The van der Waals surface area contributed by atoms with Crippen LogP contribution >= 0.6 is 0 Å². The summed E-state index contributed by atoms with van der Waals surface area (Å²) in [6.45, 7) is 3.83. The molecule has 5 nitrogen and oxygen atoms in total. The van der Waals surface area contributed by atoms with Gasteiger partial charge in [-0.05, 0) is 37.6 Å². The Bertz CT molecular complexity index is 709. The lowest BCUT2D eigenvalue weighted by molar-refractivity contribution is -0.116. The first kappa shape index (κ1) is 16.7. The molecule has 0 unspecified atom stereocenters. The second-order valence-electron chi connectivity index (χ2n) is 5.40. The lowest BCUT2D eigenvalue weighted by Gasteiger charge is -2.09. The van der Waals surface area contributed by atoms with Gasteiger partial charge in [-0.15, -0.1) is 0 Å². The Labute approximate surface area is 135 Å². The molecule has 1 aromatic carbocycles. The zero-order valence-electron chi connectivity index (χ0n) is 13.6. The van der Waals surface area contributed by atoms with Crippen LogP contribution in [0.1, 0.15) is 34.3 Å². The number of nitrogens with zero attached hydrogens (tertiary/aromatic N) is 1. The molecule has 2 aromatic rings. The van der Waals surface area contributed by atoms with Crippen molar-refractivity contribution in [3.05, 3.63) is 53.2 Å². The van der Waals surface area contributed by atoms with E-state index in [1.165, 1.54) is 7.11 Å². The molecule has 5 heteroatoms. The Balaban J connectivity index is 1.95. The first-order chi connectivity index (χ1) is 11.0. The smallest absolute Gasteiger partial charge is 0.225 e. The number of amides is 1. The molecule has 0 aliphatic carbocycles. The van der Waals surface area contributed by atoms with E-state index in [0.717, 1.165) is 11.1 Å². The third-order valence-electron chi connectivity index (χ3n) is 3.41. The van der Waals surface area contributed by atoms with Gasteiger partial charge in [-0.25, -0.2) is 4.98 Å². The maximum atomic E-state index is 12.3. The van der Waals surface area contributed by atoms with Crippen molar-refractivity contribution in [2.24, 2.45) is 0 Å². The van der Waals surface area contributed by atoms with Gasteiger partial charge in [-0.3, -0.25) is 9.59 Å². The fourth-order valence-electron chi connectivity index (χ4n) is 2.15. The molecule has 0 saturated carbocycles. The first-order valence-corrected chi connectivity index (χ1v) is 7.40. The monoisotopic (exact) mass is 312 g/mol. The van der Waals surface area contributed by atoms with Crippen LogP contribution in [0.2, 0.25) is 0 Å². The van der Waals surface area contributed by atoms with Gasteiger partial charge in [-0.1, -0.05) is 17.7 Å². The average molecular weight is 312 g/mol. The number of carbonyl (C=O) groups is 2. The van der Waals surface area contributed by atoms with Crippen molar-refractivity contribution in [1.29, 1.82) is 0 Å². The second-order valence-corrected chi connectivity index (χ2v) is 5.40. The fraction of sp³-hybridized carbons (Fsp3) is 0.278. The average Bonchev–Trinajstić information content (AvgIpc) is 2.54. The molecule has 120 valence electrons. The highest BCUT2D eigenvalue weighted by Gasteiger charge is 2.14. The lowest BCUT2D eigenvalue weighted by atomic mass is 10.0. The molecule has 1 heterocycles. The Hall–Kier alpha value is -2.69. The number of hydrogen-bond acceptors (Lipinski definition) is 4. The number of aryl methyl sites for hydroxylation is 2. The number of ether oxygens (including phenoxy) is 1. The van der Waals surface area contributed by atoms with E-state index < -0.39 is 0 Å². The first-order valence-electron chi connectivity index (χ1n) is 7.40. The van der Waals surface area contributed by atoms with Gasteiger partial charge in [0.05, 0.1) is 12.7 Å². The third-order valence-corrected chi connectivity index (χ3v) is 3.41. The molecule has 23 heavy (non-hydrogen) atoms. The van der Waals surface area contributed by atoms with Crippen molar-refractivity contribution in [3.8, 4) is 5.75 Å². The van der Waals surface area contributed by atoms with E-state index in [1.807, 2.05) is 26.0 Å². The van der Waals surface area contributed by atoms with E-state index in [-0.39, 0.29) is 24.5 Å². The molecule has 0 atom stereocenters. The molecule has 0 spiro atoms. The van der Waals surface area contributed by atoms with E-state index in [2.05, 4.69) is 10.3 Å². The SMILES string of the molecule is COc1ccc(C)cc1C(=O)CCC(=O)Nc1ccc(C)cn1. The van der Waals surface area contributed by atoms with Crippen LogP contribution in [-0.2, 0) is 4.79 Å². The maximum Gasteiger partial charge on any atom is 0.225 e. The predicted molar refractivity (Wildman–Crippen MR) is 88.9 cm³/mol. The van der Waals surface area contributed by atoms with Gasteiger partial charge in [0.1, 0.15) is 11.6 Å². The largest absolute Gasteiger partial charge is 0.496 e. The van der Waals surface area contributed by atoms with Crippen LogP contribution in [-0.4, -0.2) is 23.8 Å². The summed E-state index contributed by atoms with van der Waals surface area (Å²) in [4.78, 5) is 28.3. The molecule has 0 fully saturated rings. The number of nitrogens with one attached hydrogen (secondary N) is 1. The molecule has 0 aliphatic heterocycles. The molecule has 1 amide bonds. The van der Waals surface area contributed by atoms with Crippen LogP contribution < -0.4 is 10.1 Å². The number of benzene rings is 1. The summed E-state index contributed by atoms with van der Waals surface area (Å²) in [6, 6.07) is 9.02. The van der Waals surface area contributed by atoms with Gasteiger partial charge in [-0.2, -0.15) is 0 Å². The highest BCUT2D eigenvalue weighted by atomic mass is 16.5. The van der Waals surface area contributed by atoms with Crippen molar-refractivity contribution < 1.29 is 14.3 Å². The number of ketones is 1. The highest BCUT2D eigenvalue weighted by molar-refractivity contribution is 6.01. The minimum Gasteiger partial charge on any atom is -0.496 e. The van der Waals surface area contributed by atoms with Crippen molar-refractivity contribution in [3.63, 3.8) is 0 Å². The van der Waals surface area contributed by atoms with Gasteiger partial charge >= 0.3 is 0 Å². The summed E-state index contributed by atoms with van der Waals surface area (Å²) in [5.41, 5.74) is 2.50. The molecular weight excluding hydrogens is 292 g/mol. The number of anilines is 1. The molecule has 0 saturated heterocycles. The Morgan fingerprint density at radius 3 is 2.48 bits per heavy atom. The van der Waals surface area contributed by atoms with Crippen LogP contribution in [0.4, 0.5) is 5.82 Å². The van der Waals surface area contributed by atoms with E-state index in [0.29, 0.717) is 17.1 Å². The van der Waals surface area contributed by atoms with Crippen LogP contribution in [0, 0.1) is 13.8 Å². The minimum atomic E-state index is -0.235. The van der Waals surface area contributed by atoms with Crippen LogP contribution in [0.25, 0.3) is 0 Å². The zero-order chi connectivity index (χ0) is 16.8. The summed E-state index contributed by atoms with van der Waals surface area (Å²) in [5, 5.41) is 2.68. The number of Topliss-reactive ketones (excluding diaryl/α,β-unsaturated/α-hetero) is 1. The van der Waals surface area contributed by atoms with Crippen LogP contribution in [0.5, 0.6) is 5.75 Å². The van der Waals surface area contributed by atoms with Gasteiger partial charge in [0.15, 0.2) is 5.78 Å². The van der Waals surface area contributed by atoms with Gasteiger partial charge in [0.25, 0.3) is 0 Å². The van der Waals surface area contributed by atoms with Crippen LogP contribution in [0.15, 0.2) is 36.5 Å². The summed E-state index contributed by atoms with van der Waals surface area (Å²) < 4.78 is 5.20. The normalized spacial score (nSPS) is 10.2. The summed E-state index contributed by atoms with van der Waals surface area (Å²) in [7, 11) is 1.53. The summed E-state index contributed by atoms with van der Waals surface area (Å²) in [6.07, 6.45) is 1.90. The molecule has 2 rings (SSSR count). The molecule has 0 aliphatic rings. The Morgan fingerprint density at radius 2 is 1.83 bits per heavy atom. The second kappa shape index (κ2) is 7.54. The molecular formula is C18H20N2O3. The number of aromatic nitrogens is 1. The quantitative estimate of drug-likeness (QED) is 0.831. The molecule has 0 radical (unpaired) electrons.